The highest BCUT2D eigenvalue weighted by Gasteiger charge is 2.17. The Balaban J connectivity index is 1.68. The lowest BCUT2D eigenvalue weighted by atomic mass is 10.2. The molecule has 2 aromatic carbocycles. The van der Waals surface area contributed by atoms with Gasteiger partial charge in [0.1, 0.15) is 11.6 Å². The third kappa shape index (κ3) is 5.18. The summed E-state index contributed by atoms with van der Waals surface area (Å²) in [6.07, 6.45) is 1.71. The summed E-state index contributed by atoms with van der Waals surface area (Å²) in [5.41, 5.74) is 1.44. The molecule has 1 heterocycles. The molecule has 3 rings (SSSR count). The number of carbonyl (C=O) groups excluding carboxylic acids is 1. The first-order valence-electron chi connectivity index (χ1n) is 9.38. The summed E-state index contributed by atoms with van der Waals surface area (Å²) in [6, 6.07) is 14.7. The summed E-state index contributed by atoms with van der Waals surface area (Å²) >= 11 is 1.48. The molecule has 1 amide bonds. The molecule has 1 aromatic heterocycles. The second-order valence-electron chi connectivity index (χ2n) is 6.35. The van der Waals surface area contributed by atoms with E-state index in [9.17, 15) is 4.79 Å². The fraction of sp³-hybridized carbons (Fsp3) is 0.217. The van der Waals surface area contributed by atoms with E-state index in [-0.39, 0.29) is 12.5 Å². The van der Waals surface area contributed by atoms with Crippen LogP contribution in [-0.4, -0.2) is 36.6 Å². The van der Waals surface area contributed by atoms with Crippen LogP contribution in [0.1, 0.15) is 21.1 Å². The number of nitrogens with zero attached hydrogens (tertiary/aromatic N) is 2. The van der Waals surface area contributed by atoms with Crippen molar-refractivity contribution < 1.29 is 19.0 Å². The van der Waals surface area contributed by atoms with Gasteiger partial charge in [0.15, 0.2) is 11.5 Å². The highest BCUT2D eigenvalue weighted by molar-refractivity contribution is 7.09. The molecule has 3 aromatic rings. The number of rotatable bonds is 10. The van der Waals surface area contributed by atoms with E-state index in [1.54, 1.807) is 37.3 Å². The molecule has 30 heavy (non-hydrogen) atoms. The van der Waals surface area contributed by atoms with Crippen molar-refractivity contribution in [2.75, 3.05) is 20.8 Å². The van der Waals surface area contributed by atoms with Crippen molar-refractivity contribution in [2.45, 2.75) is 13.2 Å². The number of hydrogen-bond acceptors (Lipinski definition) is 6. The molecule has 0 aliphatic carbocycles. The molecule has 0 saturated heterocycles. The Hall–Kier alpha value is -3.32. The highest BCUT2D eigenvalue weighted by Crippen LogP contribution is 2.37. The van der Waals surface area contributed by atoms with E-state index in [1.807, 2.05) is 41.8 Å². The third-order valence-electron chi connectivity index (χ3n) is 4.33. The van der Waals surface area contributed by atoms with Gasteiger partial charge in [0.05, 0.1) is 26.5 Å². The number of carbonyl (C=O) groups is 1. The fourth-order valence-corrected chi connectivity index (χ4v) is 3.61. The van der Waals surface area contributed by atoms with Crippen molar-refractivity contribution in [3.05, 3.63) is 82.8 Å². The van der Waals surface area contributed by atoms with Crippen molar-refractivity contribution >= 4 is 17.2 Å². The van der Waals surface area contributed by atoms with Crippen LogP contribution in [0.25, 0.3) is 0 Å². The van der Waals surface area contributed by atoms with Crippen LogP contribution in [-0.2, 0) is 13.2 Å². The molecule has 0 unspecified atom stereocenters. The second kappa shape index (κ2) is 10.5. The maximum Gasteiger partial charge on any atom is 0.254 e. The van der Waals surface area contributed by atoms with Crippen molar-refractivity contribution in [1.29, 1.82) is 0 Å². The largest absolute Gasteiger partial charge is 0.493 e. The normalized spacial score (nSPS) is 10.3. The van der Waals surface area contributed by atoms with E-state index in [0.717, 1.165) is 10.7 Å². The highest BCUT2D eigenvalue weighted by atomic mass is 32.1. The fourth-order valence-electron chi connectivity index (χ4n) is 2.92. The standard InChI is InChI=1S/C23H24N2O4S/c1-4-13-25(23(26)17-9-6-5-7-10-17)14-18-16-30-21(24-18)15-29-22-19(27-2)11-8-12-20(22)28-3/h4-12,16H,1,13-15H2,2-3H3. The zero-order valence-electron chi connectivity index (χ0n) is 17.0. The van der Waals surface area contributed by atoms with E-state index < -0.39 is 0 Å². The summed E-state index contributed by atoms with van der Waals surface area (Å²) in [4.78, 5) is 19.1. The van der Waals surface area contributed by atoms with Gasteiger partial charge in [-0.05, 0) is 24.3 Å². The number of methoxy groups -OCH3 is 2. The van der Waals surface area contributed by atoms with E-state index in [4.69, 9.17) is 14.2 Å². The van der Waals surface area contributed by atoms with E-state index in [2.05, 4.69) is 11.6 Å². The maximum absolute atomic E-state index is 12.8. The molecule has 0 bridgehead atoms. The summed E-state index contributed by atoms with van der Waals surface area (Å²) in [7, 11) is 3.17. The maximum atomic E-state index is 12.8. The molecular weight excluding hydrogens is 400 g/mol. The molecule has 0 aliphatic rings. The quantitative estimate of drug-likeness (QED) is 0.446. The number of benzene rings is 2. The minimum atomic E-state index is -0.0555. The van der Waals surface area contributed by atoms with Gasteiger partial charge in [-0.15, -0.1) is 17.9 Å². The summed E-state index contributed by atoms with van der Waals surface area (Å²) in [5.74, 6) is 1.67. The number of para-hydroxylation sites is 1. The van der Waals surface area contributed by atoms with E-state index in [1.165, 1.54) is 11.3 Å². The Bertz CT molecular complexity index is 966. The number of hydrogen-bond donors (Lipinski definition) is 0. The Morgan fingerprint density at radius 2 is 1.80 bits per heavy atom. The average Bonchev–Trinajstić information content (AvgIpc) is 3.24. The molecule has 156 valence electrons. The topological polar surface area (TPSA) is 60.9 Å². The van der Waals surface area contributed by atoms with Crippen LogP contribution in [0.5, 0.6) is 17.2 Å². The van der Waals surface area contributed by atoms with Gasteiger partial charge in [-0.2, -0.15) is 0 Å². The Labute approximate surface area is 180 Å². The lowest BCUT2D eigenvalue weighted by Crippen LogP contribution is -2.30. The molecule has 7 heteroatoms. The third-order valence-corrected chi connectivity index (χ3v) is 5.20. The van der Waals surface area contributed by atoms with E-state index >= 15 is 0 Å². The van der Waals surface area contributed by atoms with Gasteiger partial charge in [-0.25, -0.2) is 4.98 Å². The molecule has 0 fully saturated rings. The predicted molar refractivity (Wildman–Crippen MR) is 117 cm³/mol. The molecule has 0 atom stereocenters. The van der Waals surface area contributed by atoms with Crippen LogP contribution in [0.2, 0.25) is 0 Å². The Morgan fingerprint density at radius 1 is 1.10 bits per heavy atom. The molecule has 0 N–H and O–H groups in total. The van der Waals surface area contributed by atoms with Crippen LogP contribution in [0.3, 0.4) is 0 Å². The Morgan fingerprint density at radius 3 is 2.43 bits per heavy atom. The molecule has 0 aliphatic heterocycles. The van der Waals surface area contributed by atoms with Crippen LogP contribution >= 0.6 is 11.3 Å². The predicted octanol–water partition coefficient (Wildman–Crippen LogP) is 4.57. The zero-order valence-corrected chi connectivity index (χ0v) is 17.9. The van der Waals surface area contributed by atoms with Gasteiger partial charge < -0.3 is 19.1 Å². The van der Waals surface area contributed by atoms with Gasteiger partial charge in [0, 0.05) is 17.5 Å². The van der Waals surface area contributed by atoms with E-state index in [0.29, 0.717) is 35.9 Å². The SMILES string of the molecule is C=CCN(Cc1csc(COc2c(OC)cccc2OC)n1)C(=O)c1ccccc1. The van der Waals surface area contributed by atoms with Gasteiger partial charge in [0.2, 0.25) is 5.75 Å². The van der Waals surface area contributed by atoms with Crippen LogP contribution in [0.4, 0.5) is 0 Å². The van der Waals surface area contributed by atoms with Crippen LogP contribution < -0.4 is 14.2 Å². The van der Waals surface area contributed by atoms with Crippen molar-refractivity contribution in [3.8, 4) is 17.2 Å². The summed E-state index contributed by atoms with van der Waals surface area (Å²) in [6.45, 7) is 4.87. The number of ether oxygens (including phenoxy) is 3. The van der Waals surface area contributed by atoms with Crippen molar-refractivity contribution in [2.24, 2.45) is 0 Å². The first-order valence-corrected chi connectivity index (χ1v) is 10.3. The number of amides is 1. The minimum Gasteiger partial charge on any atom is -0.493 e. The molecular formula is C23H24N2O4S. The second-order valence-corrected chi connectivity index (χ2v) is 7.30. The minimum absolute atomic E-state index is 0.0555. The number of aromatic nitrogens is 1. The lowest BCUT2D eigenvalue weighted by Gasteiger charge is -2.20. The van der Waals surface area contributed by atoms with Gasteiger partial charge in [-0.1, -0.05) is 30.3 Å². The smallest absolute Gasteiger partial charge is 0.254 e. The summed E-state index contributed by atoms with van der Waals surface area (Å²) in [5, 5.41) is 2.73. The van der Waals surface area contributed by atoms with Crippen molar-refractivity contribution in [1.82, 2.24) is 9.88 Å². The molecule has 0 saturated carbocycles. The monoisotopic (exact) mass is 424 g/mol. The first kappa shape index (κ1) is 21.4. The van der Waals surface area contributed by atoms with Crippen LogP contribution in [0, 0.1) is 0 Å². The molecule has 6 nitrogen and oxygen atoms in total. The number of thiazole rings is 1. The average molecular weight is 425 g/mol. The van der Waals surface area contributed by atoms with Crippen molar-refractivity contribution in [3.63, 3.8) is 0 Å². The van der Waals surface area contributed by atoms with Gasteiger partial charge >= 0.3 is 0 Å². The Kier molecular flexibility index (Phi) is 7.45. The molecule has 0 radical (unpaired) electrons. The summed E-state index contributed by atoms with van der Waals surface area (Å²) < 4.78 is 16.6. The van der Waals surface area contributed by atoms with Gasteiger partial charge in [-0.3, -0.25) is 4.79 Å². The lowest BCUT2D eigenvalue weighted by molar-refractivity contribution is 0.0761. The zero-order chi connectivity index (χ0) is 21.3. The van der Waals surface area contributed by atoms with Gasteiger partial charge in [0.25, 0.3) is 5.91 Å². The molecule has 0 spiro atoms. The first-order chi connectivity index (χ1) is 14.7. The van der Waals surface area contributed by atoms with Crippen LogP contribution in [0.15, 0.2) is 66.6 Å².